The number of amides is 1. The van der Waals surface area contributed by atoms with Crippen LogP contribution >= 0.6 is 11.6 Å². The topological polar surface area (TPSA) is 101 Å². The van der Waals surface area contributed by atoms with E-state index in [1.54, 1.807) is 6.92 Å². The summed E-state index contributed by atoms with van der Waals surface area (Å²) in [7, 11) is -3.70. The maximum Gasteiger partial charge on any atom is 0.241 e. The molecular weight excluding hydrogens is 290 g/mol. The minimum absolute atomic E-state index is 0.0420. The standard InChI is InChI=1S/C11H16ClN3O3S/c1-7-10(13)5-9(12)6-11(7)19(17,18)15-4-3-14-8(2)16/h5-6,15H,3-4,13H2,1-2H3,(H,14,16). The Morgan fingerprint density at radius 1 is 1.37 bits per heavy atom. The molecular formula is C11H16ClN3O3S. The van der Waals surface area contributed by atoms with Gasteiger partial charge in [0.05, 0.1) is 4.90 Å². The largest absolute Gasteiger partial charge is 0.398 e. The Morgan fingerprint density at radius 2 is 2.00 bits per heavy atom. The van der Waals surface area contributed by atoms with Crippen LogP contribution in [-0.4, -0.2) is 27.4 Å². The fourth-order valence-electron chi connectivity index (χ4n) is 1.46. The fourth-order valence-corrected chi connectivity index (χ4v) is 3.08. The molecule has 0 atom stereocenters. The van der Waals surface area contributed by atoms with Crippen molar-refractivity contribution < 1.29 is 13.2 Å². The van der Waals surface area contributed by atoms with E-state index in [1.165, 1.54) is 19.1 Å². The normalized spacial score (nSPS) is 11.3. The van der Waals surface area contributed by atoms with E-state index in [4.69, 9.17) is 17.3 Å². The number of benzene rings is 1. The first-order chi connectivity index (χ1) is 8.74. The molecule has 1 rings (SSSR count). The van der Waals surface area contributed by atoms with Crippen LogP contribution in [-0.2, 0) is 14.8 Å². The number of anilines is 1. The van der Waals surface area contributed by atoms with Crippen LogP contribution in [0.4, 0.5) is 5.69 Å². The van der Waals surface area contributed by atoms with Gasteiger partial charge in [0.15, 0.2) is 0 Å². The molecule has 1 amide bonds. The minimum atomic E-state index is -3.70. The van der Waals surface area contributed by atoms with Crippen LogP contribution in [0.2, 0.25) is 5.02 Å². The van der Waals surface area contributed by atoms with Crippen molar-refractivity contribution in [2.75, 3.05) is 18.8 Å². The average molecular weight is 306 g/mol. The lowest BCUT2D eigenvalue weighted by Crippen LogP contribution is -2.34. The molecule has 0 radical (unpaired) electrons. The van der Waals surface area contributed by atoms with E-state index in [9.17, 15) is 13.2 Å². The number of sulfonamides is 1. The second-order valence-electron chi connectivity index (χ2n) is 4.00. The molecule has 1 aromatic rings. The number of carbonyl (C=O) groups excluding carboxylic acids is 1. The molecule has 0 saturated carbocycles. The van der Waals surface area contributed by atoms with Crippen LogP contribution in [0, 0.1) is 6.92 Å². The third-order valence-corrected chi connectivity index (χ3v) is 4.25. The van der Waals surface area contributed by atoms with Crippen molar-refractivity contribution in [3.05, 3.63) is 22.7 Å². The lowest BCUT2D eigenvalue weighted by atomic mass is 10.2. The van der Waals surface area contributed by atoms with Crippen LogP contribution < -0.4 is 15.8 Å². The lowest BCUT2D eigenvalue weighted by molar-refractivity contribution is -0.118. The van der Waals surface area contributed by atoms with Gasteiger partial charge < -0.3 is 11.1 Å². The predicted molar refractivity (Wildman–Crippen MR) is 74.5 cm³/mol. The Balaban J connectivity index is 2.86. The summed E-state index contributed by atoms with van der Waals surface area (Å²) < 4.78 is 26.5. The number of nitrogen functional groups attached to an aromatic ring is 1. The van der Waals surface area contributed by atoms with Crippen molar-refractivity contribution in [2.24, 2.45) is 0 Å². The molecule has 0 aliphatic heterocycles. The third-order valence-electron chi connectivity index (χ3n) is 2.45. The van der Waals surface area contributed by atoms with Gasteiger partial charge in [-0.2, -0.15) is 0 Å². The summed E-state index contributed by atoms with van der Waals surface area (Å²) in [5.74, 6) is -0.220. The molecule has 0 bridgehead atoms. The van der Waals surface area contributed by atoms with Crippen LogP contribution in [0.1, 0.15) is 12.5 Å². The summed E-state index contributed by atoms with van der Waals surface area (Å²) >= 11 is 5.80. The third kappa shape index (κ3) is 4.38. The molecule has 0 saturated heterocycles. The zero-order valence-electron chi connectivity index (χ0n) is 10.7. The second kappa shape index (κ2) is 6.23. The number of carbonyl (C=O) groups is 1. The summed E-state index contributed by atoms with van der Waals surface area (Å²) in [6, 6.07) is 2.83. The highest BCUT2D eigenvalue weighted by Gasteiger charge is 2.18. The fraction of sp³-hybridized carbons (Fsp3) is 0.364. The molecule has 0 aliphatic carbocycles. The first-order valence-electron chi connectivity index (χ1n) is 5.54. The van der Waals surface area contributed by atoms with Crippen LogP contribution in [0.15, 0.2) is 17.0 Å². The predicted octanol–water partition coefficient (Wildman–Crippen LogP) is 0.645. The number of hydrogen-bond donors (Lipinski definition) is 3. The number of hydrogen-bond acceptors (Lipinski definition) is 4. The molecule has 4 N–H and O–H groups in total. The van der Waals surface area contributed by atoms with Gasteiger partial charge in [-0.05, 0) is 24.6 Å². The lowest BCUT2D eigenvalue weighted by Gasteiger charge is -2.11. The van der Waals surface area contributed by atoms with Gasteiger partial charge in [0.1, 0.15) is 0 Å². The molecule has 0 fully saturated rings. The van der Waals surface area contributed by atoms with Crippen molar-refractivity contribution in [1.29, 1.82) is 0 Å². The molecule has 6 nitrogen and oxygen atoms in total. The smallest absolute Gasteiger partial charge is 0.241 e. The van der Waals surface area contributed by atoms with E-state index < -0.39 is 10.0 Å². The molecule has 0 unspecified atom stereocenters. The van der Waals surface area contributed by atoms with Gasteiger partial charge in [0.2, 0.25) is 15.9 Å². The first-order valence-corrected chi connectivity index (χ1v) is 7.40. The highest BCUT2D eigenvalue weighted by atomic mass is 35.5. The molecule has 106 valence electrons. The van der Waals surface area contributed by atoms with E-state index >= 15 is 0 Å². The van der Waals surface area contributed by atoms with E-state index in [-0.39, 0.29) is 28.9 Å². The summed E-state index contributed by atoms with van der Waals surface area (Å²) in [5.41, 5.74) is 6.43. The molecule has 0 heterocycles. The Hall–Kier alpha value is -1.31. The minimum Gasteiger partial charge on any atom is -0.398 e. The number of rotatable bonds is 5. The Kier molecular flexibility index (Phi) is 5.16. The molecule has 1 aromatic carbocycles. The summed E-state index contributed by atoms with van der Waals surface area (Å²) in [4.78, 5) is 10.7. The van der Waals surface area contributed by atoms with Gasteiger partial charge >= 0.3 is 0 Å². The molecule has 0 aliphatic rings. The SMILES string of the molecule is CC(=O)NCCNS(=O)(=O)c1cc(Cl)cc(N)c1C. The Bertz CT molecular complexity index is 587. The van der Waals surface area contributed by atoms with E-state index in [1.807, 2.05) is 0 Å². The van der Waals surface area contributed by atoms with Crippen LogP contribution in [0.5, 0.6) is 0 Å². The zero-order chi connectivity index (χ0) is 14.6. The monoisotopic (exact) mass is 305 g/mol. The van der Waals surface area contributed by atoms with Crippen LogP contribution in [0.3, 0.4) is 0 Å². The molecule has 0 spiro atoms. The van der Waals surface area contributed by atoms with E-state index in [2.05, 4.69) is 10.0 Å². The van der Waals surface area contributed by atoms with Crippen molar-refractivity contribution in [3.63, 3.8) is 0 Å². The highest BCUT2D eigenvalue weighted by Crippen LogP contribution is 2.25. The quantitative estimate of drug-likeness (QED) is 0.549. The molecule has 0 aromatic heterocycles. The summed E-state index contributed by atoms with van der Waals surface area (Å²) in [5, 5.41) is 2.75. The van der Waals surface area contributed by atoms with Gasteiger partial charge in [0.25, 0.3) is 0 Å². The zero-order valence-corrected chi connectivity index (χ0v) is 12.2. The average Bonchev–Trinajstić information content (AvgIpc) is 2.29. The second-order valence-corrected chi connectivity index (χ2v) is 6.17. The van der Waals surface area contributed by atoms with Crippen molar-refractivity contribution >= 4 is 33.2 Å². The summed E-state index contributed by atoms with van der Waals surface area (Å²) in [6.07, 6.45) is 0. The Morgan fingerprint density at radius 3 is 2.58 bits per heavy atom. The van der Waals surface area contributed by atoms with E-state index in [0.717, 1.165) is 0 Å². The van der Waals surface area contributed by atoms with Crippen molar-refractivity contribution in [2.45, 2.75) is 18.7 Å². The number of halogens is 1. The Labute approximate surface area is 117 Å². The van der Waals surface area contributed by atoms with Gasteiger partial charge in [-0.1, -0.05) is 11.6 Å². The highest BCUT2D eigenvalue weighted by molar-refractivity contribution is 7.89. The summed E-state index contributed by atoms with van der Waals surface area (Å²) in [6.45, 7) is 3.27. The van der Waals surface area contributed by atoms with E-state index in [0.29, 0.717) is 11.3 Å². The first kappa shape index (κ1) is 15.7. The van der Waals surface area contributed by atoms with Crippen LogP contribution in [0.25, 0.3) is 0 Å². The maximum absolute atomic E-state index is 12.1. The molecule has 8 heteroatoms. The van der Waals surface area contributed by atoms with Gasteiger partial charge in [-0.3, -0.25) is 4.79 Å². The van der Waals surface area contributed by atoms with Gasteiger partial charge in [0, 0.05) is 30.7 Å². The van der Waals surface area contributed by atoms with Crippen molar-refractivity contribution in [3.8, 4) is 0 Å². The number of nitrogens with one attached hydrogen (secondary N) is 2. The maximum atomic E-state index is 12.1. The number of nitrogens with two attached hydrogens (primary N) is 1. The van der Waals surface area contributed by atoms with Gasteiger partial charge in [-0.15, -0.1) is 0 Å². The van der Waals surface area contributed by atoms with Crippen molar-refractivity contribution in [1.82, 2.24) is 10.0 Å². The van der Waals surface area contributed by atoms with Gasteiger partial charge in [-0.25, -0.2) is 13.1 Å². The molecule has 19 heavy (non-hydrogen) atoms.